The minimum absolute atomic E-state index is 0.288. The van der Waals surface area contributed by atoms with Crippen LogP contribution in [0.1, 0.15) is 11.3 Å². The molecule has 0 atom stereocenters. The van der Waals surface area contributed by atoms with Gasteiger partial charge in [0.25, 0.3) is 0 Å². The third-order valence-electron chi connectivity index (χ3n) is 2.53. The summed E-state index contributed by atoms with van der Waals surface area (Å²) in [6, 6.07) is 8.39. The highest BCUT2D eigenvalue weighted by atomic mass is 79.9. The molecule has 0 saturated heterocycles. The molecule has 2 rings (SSSR count). The topological polar surface area (TPSA) is 48.1 Å². The highest BCUT2D eigenvalue weighted by Crippen LogP contribution is 2.17. The largest absolute Gasteiger partial charge is 0.487 e. The predicted octanol–water partition coefficient (Wildman–Crippen LogP) is 3.06. The van der Waals surface area contributed by atoms with Crippen LogP contribution in [0.4, 0.5) is 4.39 Å². The Labute approximate surface area is 119 Å². The van der Waals surface area contributed by atoms with Crippen molar-refractivity contribution in [1.29, 1.82) is 0 Å². The van der Waals surface area contributed by atoms with Gasteiger partial charge in [0, 0.05) is 16.6 Å². The van der Waals surface area contributed by atoms with Crippen molar-refractivity contribution in [2.75, 3.05) is 6.54 Å². The normalized spacial score (nSPS) is 10.5. The van der Waals surface area contributed by atoms with Crippen molar-refractivity contribution in [3.8, 4) is 5.75 Å². The predicted molar refractivity (Wildman–Crippen MR) is 75.4 cm³/mol. The maximum Gasteiger partial charge on any atom is 0.138 e. The summed E-state index contributed by atoms with van der Waals surface area (Å²) in [5.41, 5.74) is 7.15. The van der Waals surface area contributed by atoms with Crippen LogP contribution in [0.2, 0.25) is 0 Å². The van der Waals surface area contributed by atoms with Gasteiger partial charge in [-0.3, -0.25) is 4.98 Å². The summed E-state index contributed by atoms with van der Waals surface area (Å²) in [5, 5.41) is 0. The Morgan fingerprint density at radius 1 is 1.26 bits per heavy atom. The molecule has 0 unspecified atom stereocenters. The lowest BCUT2D eigenvalue weighted by Crippen LogP contribution is -2.04. The van der Waals surface area contributed by atoms with Gasteiger partial charge in [-0.15, -0.1) is 0 Å². The van der Waals surface area contributed by atoms with Crippen LogP contribution < -0.4 is 10.5 Å². The zero-order valence-corrected chi connectivity index (χ0v) is 11.9. The van der Waals surface area contributed by atoms with Gasteiger partial charge < -0.3 is 10.5 Å². The minimum atomic E-state index is -0.288. The second-order valence-corrected chi connectivity index (χ2v) is 5.01. The van der Waals surface area contributed by atoms with Gasteiger partial charge in [0.1, 0.15) is 18.2 Å². The summed E-state index contributed by atoms with van der Waals surface area (Å²) in [6.45, 7) is 0.874. The van der Waals surface area contributed by atoms with E-state index in [2.05, 4.69) is 20.9 Å². The highest BCUT2D eigenvalue weighted by Gasteiger charge is 2.01. The number of aromatic nitrogens is 1. The lowest BCUT2D eigenvalue weighted by Gasteiger charge is -2.07. The number of ether oxygens (including phenoxy) is 1. The minimum Gasteiger partial charge on any atom is -0.487 e. The van der Waals surface area contributed by atoms with Crippen LogP contribution in [-0.4, -0.2) is 11.5 Å². The molecule has 100 valence electrons. The fourth-order valence-electron chi connectivity index (χ4n) is 1.65. The van der Waals surface area contributed by atoms with E-state index < -0.39 is 0 Å². The maximum absolute atomic E-state index is 13.2. The monoisotopic (exact) mass is 324 g/mol. The Bertz CT molecular complexity index is 525. The lowest BCUT2D eigenvalue weighted by molar-refractivity contribution is 0.304. The first-order valence-electron chi connectivity index (χ1n) is 5.90. The Morgan fingerprint density at radius 3 is 2.74 bits per heavy atom. The fraction of sp³-hybridized carbons (Fsp3) is 0.214. The summed E-state index contributed by atoms with van der Waals surface area (Å²) in [4.78, 5) is 4.23. The van der Waals surface area contributed by atoms with E-state index in [1.54, 1.807) is 6.20 Å². The highest BCUT2D eigenvalue weighted by molar-refractivity contribution is 9.10. The van der Waals surface area contributed by atoms with Gasteiger partial charge >= 0.3 is 0 Å². The Balaban J connectivity index is 1.98. The van der Waals surface area contributed by atoms with Gasteiger partial charge in [-0.25, -0.2) is 4.39 Å². The molecule has 5 heteroatoms. The van der Waals surface area contributed by atoms with Crippen LogP contribution in [0.5, 0.6) is 5.75 Å². The Kier molecular flexibility index (Phi) is 4.87. The van der Waals surface area contributed by atoms with E-state index in [0.29, 0.717) is 23.4 Å². The molecule has 1 heterocycles. The number of hydrogen-bond donors (Lipinski definition) is 1. The van der Waals surface area contributed by atoms with Crippen LogP contribution in [-0.2, 0) is 13.0 Å². The van der Waals surface area contributed by atoms with Gasteiger partial charge in [-0.1, -0.05) is 15.9 Å². The average molecular weight is 325 g/mol. The van der Waals surface area contributed by atoms with E-state index in [-0.39, 0.29) is 5.82 Å². The maximum atomic E-state index is 13.2. The van der Waals surface area contributed by atoms with Crippen LogP contribution in [0.15, 0.2) is 41.0 Å². The van der Waals surface area contributed by atoms with E-state index >= 15 is 0 Å². The lowest BCUT2D eigenvalue weighted by atomic mass is 10.2. The van der Waals surface area contributed by atoms with Gasteiger partial charge in [0.15, 0.2) is 0 Å². The van der Waals surface area contributed by atoms with Gasteiger partial charge in [0.2, 0.25) is 0 Å². The van der Waals surface area contributed by atoms with Gasteiger partial charge in [-0.2, -0.15) is 0 Å². The molecule has 0 amide bonds. The molecule has 2 N–H and O–H groups in total. The van der Waals surface area contributed by atoms with Crippen molar-refractivity contribution < 1.29 is 9.13 Å². The van der Waals surface area contributed by atoms with E-state index in [0.717, 1.165) is 17.7 Å². The summed E-state index contributed by atoms with van der Waals surface area (Å²) >= 11 is 3.25. The smallest absolute Gasteiger partial charge is 0.138 e. The summed E-state index contributed by atoms with van der Waals surface area (Å²) in [6.07, 6.45) is 2.40. The van der Waals surface area contributed by atoms with Crippen molar-refractivity contribution in [1.82, 2.24) is 4.98 Å². The number of hydrogen-bond acceptors (Lipinski definition) is 3. The summed E-state index contributed by atoms with van der Waals surface area (Å²) < 4.78 is 19.4. The molecule has 0 radical (unpaired) electrons. The number of benzene rings is 1. The third kappa shape index (κ3) is 4.29. The number of nitrogens with zero attached hydrogens (tertiary/aromatic N) is 1. The Hall–Kier alpha value is -1.46. The quantitative estimate of drug-likeness (QED) is 0.919. The van der Waals surface area contributed by atoms with E-state index in [9.17, 15) is 4.39 Å². The van der Waals surface area contributed by atoms with Crippen LogP contribution in [0, 0.1) is 5.82 Å². The van der Waals surface area contributed by atoms with E-state index in [1.807, 2.05) is 18.2 Å². The Morgan fingerprint density at radius 2 is 2.11 bits per heavy atom. The fourth-order valence-corrected chi connectivity index (χ4v) is 2.17. The second-order valence-electron chi connectivity index (χ2n) is 4.09. The first kappa shape index (κ1) is 14.0. The molecule has 0 saturated carbocycles. The molecule has 0 spiro atoms. The summed E-state index contributed by atoms with van der Waals surface area (Å²) in [7, 11) is 0. The zero-order chi connectivity index (χ0) is 13.7. The zero-order valence-electron chi connectivity index (χ0n) is 10.3. The molecule has 3 nitrogen and oxygen atoms in total. The molecular formula is C14H14BrFN2O. The van der Waals surface area contributed by atoms with Crippen molar-refractivity contribution in [2.24, 2.45) is 5.73 Å². The number of halogens is 2. The van der Waals surface area contributed by atoms with Crippen molar-refractivity contribution in [3.63, 3.8) is 0 Å². The molecule has 0 aliphatic heterocycles. The van der Waals surface area contributed by atoms with E-state index in [1.165, 1.54) is 12.1 Å². The number of nitrogens with two attached hydrogens (primary N) is 1. The molecule has 1 aromatic carbocycles. The van der Waals surface area contributed by atoms with E-state index in [4.69, 9.17) is 10.5 Å². The average Bonchev–Trinajstić information content (AvgIpc) is 2.37. The standard InChI is InChI=1S/C14H14BrFN2O/c15-11-5-10(6-12(16)7-11)9-19-14-2-1-13(3-4-17)18-8-14/h1-2,5-8H,3-4,9,17H2. The van der Waals surface area contributed by atoms with Gasteiger partial charge in [0.05, 0.1) is 6.20 Å². The van der Waals surface area contributed by atoms with Crippen LogP contribution >= 0.6 is 15.9 Å². The molecular weight excluding hydrogens is 311 g/mol. The molecule has 2 aromatic rings. The first-order valence-corrected chi connectivity index (χ1v) is 6.69. The third-order valence-corrected chi connectivity index (χ3v) is 2.98. The van der Waals surface area contributed by atoms with Crippen molar-refractivity contribution in [3.05, 3.63) is 58.1 Å². The molecule has 1 aromatic heterocycles. The molecule has 0 bridgehead atoms. The van der Waals surface area contributed by atoms with Crippen molar-refractivity contribution in [2.45, 2.75) is 13.0 Å². The van der Waals surface area contributed by atoms with Gasteiger partial charge in [-0.05, 0) is 42.4 Å². The number of rotatable bonds is 5. The SMILES string of the molecule is NCCc1ccc(OCc2cc(F)cc(Br)c2)cn1. The number of pyridine rings is 1. The molecule has 0 fully saturated rings. The van der Waals surface area contributed by atoms with Crippen LogP contribution in [0.25, 0.3) is 0 Å². The molecule has 0 aliphatic rings. The van der Waals surface area contributed by atoms with Crippen molar-refractivity contribution >= 4 is 15.9 Å². The molecule has 19 heavy (non-hydrogen) atoms. The first-order chi connectivity index (χ1) is 9.17. The molecule has 0 aliphatic carbocycles. The van der Waals surface area contributed by atoms with Crippen LogP contribution in [0.3, 0.4) is 0 Å². The summed E-state index contributed by atoms with van der Waals surface area (Å²) in [5.74, 6) is 0.366. The second kappa shape index (κ2) is 6.63.